The summed E-state index contributed by atoms with van der Waals surface area (Å²) in [7, 11) is 1.79. The molecule has 136 valence electrons. The van der Waals surface area contributed by atoms with E-state index in [1.807, 2.05) is 53.2 Å². The van der Waals surface area contributed by atoms with Gasteiger partial charge in [0.15, 0.2) is 0 Å². The van der Waals surface area contributed by atoms with Crippen LogP contribution >= 0.6 is 0 Å². The Balaban J connectivity index is 1.58. The number of pyridine rings is 1. The predicted molar refractivity (Wildman–Crippen MR) is 102 cm³/mol. The zero-order chi connectivity index (χ0) is 18.5. The van der Waals surface area contributed by atoms with E-state index in [0.717, 1.165) is 28.3 Å². The van der Waals surface area contributed by atoms with Crippen LogP contribution in [-0.2, 0) is 4.79 Å². The summed E-state index contributed by atoms with van der Waals surface area (Å²) < 4.78 is 2.03. The number of fused-ring (bicyclic) bond motifs is 2. The largest absolute Gasteiger partial charge is 0.326 e. The zero-order valence-electron chi connectivity index (χ0n) is 14.9. The predicted octanol–water partition coefficient (Wildman–Crippen LogP) is 2.68. The number of nitrogens with one attached hydrogen (secondary N) is 1. The highest BCUT2D eigenvalue weighted by Crippen LogP contribution is 2.39. The summed E-state index contributed by atoms with van der Waals surface area (Å²) in [4.78, 5) is 32.6. The fraction of sp³-hybridized carbons (Fsp3) is 0.250. The quantitative estimate of drug-likeness (QED) is 0.763. The summed E-state index contributed by atoms with van der Waals surface area (Å²) in [6.45, 7) is 1.35. The van der Waals surface area contributed by atoms with E-state index in [9.17, 15) is 9.59 Å². The first kappa shape index (κ1) is 15.9. The molecule has 27 heavy (non-hydrogen) atoms. The molecule has 0 spiro atoms. The van der Waals surface area contributed by atoms with Crippen molar-refractivity contribution in [1.82, 2.24) is 14.3 Å². The maximum Gasteiger partial charge on any atom is 0.324 e. The summed E-state index contributed by atoms with van der Waals surface area (Å²) in [5.41, 5.74) is 4.47. The van der Waals surface area contributed by atoms with Gasteiger partial charge in [0.25, 0.3) is 0 Å². The lowest BCUT2D eigenvalue weighted by molar-refractivity contribution is -0.116. The van der Waals surface area contributed by atoms with Crippen LogP contribution in [-0.4, -0.2) is 46.4 Å². The van der Waals surface area contributed by atoms with Crippen LogP contribution in [0, 0.1) is 0 Å². The molecule has 1 aromatic carbocycles. The fourth-order valence-corrected chi connectivity index (χ4v) is 3.98. The molecule has 7 nitrogen and oxygen atoms in total. The van der Waals surface area contributed by atoms with Crippen molar-refractivity contribution in [2.24, 2.45) is 0 Å². The third kappa shape index (κ3) is 2.46. The Hall–Kier alpha value is -3.35. The number of nitrogens with zero attached hydrogens (tertiary/aromatic N) is 4. The second-order valence-corrected chi connectivity index (χ2v) is 7.04. The summed E-state index contributed by atoms with van der Waals surface area (Å²) in [6.07, 6.45) is 4.19. The van der Waals surface area contributed by atoms with Crippen molar-refractivity contribution >= 4 is 29.0 Å². The second kappa shape index (κ2) is 5.84. The normalized spacial score (nSPS) is 19.5. The molecule has 0 radical (unpaired) electrons. The molecule has 7 heteroatoms. The highest BCUT2D eigenvalue weighted by molar-refractivity contribution is 5.98. The molecule has 1 unspecified atom stereocenters. The molecule has 2 aliphatic heterocycles. The molecular formula is C20H19N5O2. The minimum absolute atomic E-state index is 0.0181. The van der Waals surface area contributed by atoms with Crippen LogP contribution in [0.4, 0.5) is 16.2 Å². The van der Waals surface area contributed by atoms with Crippen molar-refractivity contribution in [3.63, 3.8) is 0 Å². The number of aromatic nitrogens is 2. The van der Waals surface area contributed by atoms with Gasteiger partial charge >= 0.3 is 6.03 Å². The maximum atomic E-state index is 12.4. The summed E-state index contributed by atoms with van der Waals surface area (Å²) in [5.74, 6) is -0.0995. The van der Waals surface area contributed by atoms with Gasteiger partial charge in [0.2, 0.25) is 5.91 Å². The Labute approximate surface area is 156 Å². The van der Waals surface area contributed by atoms with Gasteiger partial charge in [-0.05, 0) is 29.8 Å². The highest BCUT2D eigenvalue weighted by atomic mass is 16.2. The Morgan fingerprint density at radius 1 is 1.15 bits per heavy atom. The first-order chi connectivity index (χ1) is 13.1. The van der Waals surface area contributed by atoms with E-state index in [0.29, 0.717) is 19.5 Å². The van der Waals surface area contributed by atoms with Crippen LogP contribution in [0.15, 0.2) is 48.8 Å². The third-order valence-electron chi connectivity index (χ3n) is 5.41. The van der Waals surface area contributed by atoms with E-state index < -0.39 is 0 Å². The molecule has 1 fully saturated rings. The third-order valence-corrected chi connectivity index (χ3v) is 5.41. The average Bonchev–Trinajstić information content (AvgIpc) is 3.24. The fourth-order valence-electron chi connectivity index (χ4n) is 3.98. The number of carbonyl (C=O) groups is 2. The van der Waals surface area contributed by atoms with Crippen molar-refractivity contribution in [3.8, 4) is 0 Å². The van der Waals surface area contributed by atoms with E-state index in [-0.39, 0.29) is 17.9 Å². The number of carbonyl (C=O) groups excluding carboxylic acids is 2. The molecule has 0 saturated carbocycles. The van der Waals surface area contributed by atoms with Crippen molar-refractivity contribution in [1.29, 1.82) is 0 Å². The lowest BCUT2D eigenvalue weighted by Crippen LogP contribution is -2.30. The maximum absolute atomic E-state index is 12.4. The molecule has 1 saturated heterocycles. The van der Waals surface area contributed by atoms with Crippen LogP contribution < -0.4 is 10.2 Å². The van der Waals surface area contributed by atoms with Gasteiger partial charge in [-0.15, -0.1) is 0 Å². The van der Waals surface area contributed by atoms with Crippen LogP contribution in [0.3, 0.4) is 0 Å². The van der Waals surface area contributed by atoms with E-state index in [2.05, 4.69) is 10.3 Å². The number of urea groups is 1. The number of hydrogen-bond acceptors (Lipinski definition) is 3. The highest BCUT2D eigenvalue weighted by Gasteiger charge is 2.31. The molecule has 2 aromatic heterocycles. The molecule has 1 N–H and O–H groups in total. The molecule has 3 aromatic rings. The Morgan fingerprint density at radius 2 is 2.04 bits per heavy atom. The Morgan fingerprint density at radius 3 is 2.85 bits per heavy atom. The summed E-state index contributed by atoms with van der Waals surface area (Å²) >= 11 is 0. The van der Waals surface area contributed by atoms with E-state index in [1.54, 1.807) is 16.8 Å². The first-order valence-corrected chi connectivity index (χ1v) is 9.00. The van der Waals surface area contributed by atoms with E-state index >= 15 is 0 Å². The standard InChI is InChI=1S/C20H19N5O2/c1-23-8-9-24(20(23)27)13-5-6-14-15(11-19(26)22-16(14)10-13)17-12-21-18-4-2-3-7-25(17)18/h2-7,10,12,15H,8-9,11H2,1H3,(H,22,26). The molecule has 5 rings (SSSR count). The number of anilines is 2. The molecule has 1 atom stereocenters. The number of amides is 3. The minimum Gasteiger partial charge on any atom is -0.326 e. The van der Waals surface area contributed by atoms with Crippen LogP contribution in [0.2, 0.25) is 0 Å². The van der Waals surface area contributed by atoms with Gasteiger partial charge < -0.3 is 14.6 Å². The number of hydrogen-bond donors (Lipinski definition) is 1. The smallest absolute Gasteiger partial charge is 0.324 e. The van der Waals surface area contributed by atoms with Crippen molar-refractivity contribution < 1.29 is 9.59 Å². The van der Waals surface area contributed by atoms with Gasteiger partial charge in [-0.2, -0.15) is 0 Å². The van der Waals surface area contributed by atoms with Crippen LogP contribution in [0.5, 0.6) is 0 Å². The summed E-state index contributed by atoms with van der Waals surface area (Å²) in [5, 5.41) is 2.97. The van der Waals surface area contributed by atoms with Gasteiger partial charge in [-0.3, -0.25) is 9.69 Å². The topological polar surface area (TPSA) is 69.9 Å². The van der Waals surface area contributed by atoms with Gasteiger partial charge in [0, 0.05) is 56.2 Å². The van der Waals surface area contributed by atoms with E-state index in [4.69, 9.17) is 0 Å². The lowest BCUT2D eigenvalue weighted by Gasteiger charge is -2.27. The SMILES string of the molecule is CN1CCN(c2ccc3c(c2)NC(=O)CC3c2cnc3ccccn23)C1=O. The zero-order valence-corrected chi connectivity index (χ0v) is 14.9. The first-order valence-electron chi connectivity index (χ1n) is 9.00. The molecular weight excluding hydrogens is 342 g/mol. The minimum atomic E-state index is -0.0721. The monoisotopic (exact) mass is 361 g/mol. The Kier molecular flexibility index (Phi) is 3.43. The van der Waals surface area contributed by atoms with Gasteiger partial charge in [-0.25, -0.2) is 9.78 Å². The van der Waals surface area contributed by atoms with Gasteiger partial charge in [-0.1, -0.05) is 12.1 Å². The summed E-state index contributed by atoms with van der Waals surface area (Å²) in [6, 6.07) is 11.7. The Bertz CT molecular complexity index is 1070. The number of benzene rings is 1. The number of imidazole rings is 1. The molecule has 0 aliphatic carbocycles. The molecule has 4 heterocycles. The van der Waals surface area contributed by atoms with Crippen molar-refractivity contribution in [2.75, 3.05) is 30.4 Å². The van der Waals surface area contributed by atoms with Crippen LogP contribution in [0.25, 0.3) is 5.65 Å². The van der Waals surface area contributed by atoms with Gasteiger partial charge in [0.05, 0.1) is 5.69 Å². The van der Waals surface area contributed by atoms with Crippen molar-refractivity contribution in [2.45, 2.75) is 12.3 Å². The number of rotatable bonds is 2. The average molecular weight is 361 g/mol. The molecule has 0 bridgehead atoms. The second-order valence-electron chi connectivity index (χ2n) is 7.04. The lowest BCUT2D eigenvalue weighted by atomic mass is 9.88. The van der Waals surface area contributed by atoms with Crippen molar-refractivity contribution in [3.05, 3.63) is 60.0 Å². The molecule has 2 aliphatic rings. The molecule has 3 amide bonds. The number of likely N-dealkylation sites (N-methyl/N-ethyl adjacent to an activating group) is 1. The van der Waals surface area contributed by atoms with Crippen LogP contribution in [0.1, 0.15) is 23.6 Å². The van der Waals surface area contributed by atoms with Gasteiger partial charge in [0.1, 0.15) is 5.65 Å². The van der Waals surface area contributed by atoms with E-state index in [1.165, 1.54) is 0 Å².